The number of carbonyl (C=O) groups excluding carboxylic acids is 5. The third kappa shape index (κ3) is 8.34. The number of esters is 1. The molecule has 0 bridgehead atoms. The lowest BCUT2D eigenvalue weighted by atomic mass is 9.92. The van der Waals surface area contributed by atoms with Gasteiger partial charge in [0.25, 0.3) is 11.8 Å². The van der Waals surface area contributed by atoms with Gasteiger partial charge in [0.15, 0.2) is 5.01 Å². The summed E-state index contributed by atoms with van der Waals surface area (Å²) in [6.45, 7) is 0.655. The van der Waals surface area contributed by atoms with E-state index in [0.717, 1.165) is 44.1 Å². The van der Waals surface area contributed by atoms with Crippen LogP contribution >= 0.6 is 11.3 Å². The summed E-state index contributed by atoms with van der Waals surface area (Å²) in [4.78, 5) is 78.3. The van der Waals surface area contributed by atoms with E-state index in [9.17, 15) is 32.4 Å². The van der Waals surface area contributed by atoms with Gasteiger partial charge in [-0.3, -0.25) is 28.7 Å². The number of nitrogens with one attached hydrogen (secondary N) is 2. The summed E-state index contributed by atoms with van der Waals surface area (Å²) in [6, 6.07) is 6.34. The summed E-state index contributed by atoms with van der Waals surface area (Å²) in [6.07, 6.45) is 12.0. The van der Waals surface area contributed by atoms with Gasteiger partial charge in [-0.15, -0.1) is 11.3 Å². The molecule has 8 rings (SSSR count). The highest BCUT2D eigenvalue weighted by Gasteiger charge is 2.63. The molecule has 0 unspecified atom stereocenters. The van der Waals surface area contributed by atoms with Crippen molar-refractivity contribution in [3.8, 4) is 17.0 Å². The highest BCUT2D eigenvalue weighted by molar-refractivity contribution is 7.91. The van der Waals surface area contributed by atoms with Gasteiger partial charge in [0, 0.05) is 54.2 Å². The zero-order valence-electron chi connectivity index (χ0n) is 32.2. The minimum Gasteiger partial charge on any atom is -0.497 e. The third-order valence-corrected chi connectivity index (χ3v) is 15.3. The van der Waals surface area contributed by atoms with Crippen LogP contribution in [-0.4, -0.2) is 102 Å². The highest BCUT2D eigenvalue weighted by Crippen LogP contribution is 2.47. The number of sulfonamides is 1. The molecule has 0 spiro atoms. The van der Waals surface area contributed by atoms with E-state index < -0.39 is 62.4 Å². The molecule has 3 aliphatic heterocycles. The van der Waals surface area contributed by atoms with Gasteiger partial charge in [0.1, 0.15) is 23.4 Å². The normalized spacial score (nSPS) is 29.9. The number of fused-ring (bicyclic) bond motifs is 4. The van der Waals surface area contributed by atoms with Gasteiger partial charge in [0.2, 0.25) is 21.8 Å². The van der Waals surface area contributed by atoms with Gasteiger partial charge in [-0.25, -0.2) is 13.4 Å². The lowest BCUT2D eigenvalue weighted by Crippen LogP contribution is -2.58. The fourth-order valence-corrected chi connectivity index (χ4v) is 11.4. The van der Waals surface area contributed by atoms with Crippen molar-refractivity contribution in [1.29, 1.82) is 0 Å². The average Bonchev–Trinajstić information content (AvgIpc) is 3.86. The summed E-state index contributed by atoms with van der Waals surface area (Å²) < 4.78 is 39.2. The molecule has 2 N–H and O–H groups in total. The van der Waals surface area contributed by atoms with Gasteiger partial charge in [-0.1, -0.05) is 25.0 Å². The molecule has 306 valence electrons. The second-order valence-electron chi connectivity index (χ2n) is 16.6. The first-order valence-electron chi connectivity index (χ1n) is 20.4. The molecular formula is C41H51N5O9S2. The number of nitrogens with zero attached hydrogens (tertiary/aromatic N) is 3. The molecule has 5 fully saturated rings. The Kier molecular flexibility index (Phi) is 11.2. The fourth-order valence-electron chi connectivity index (χ4n) is 9.21. The Balaban J connectivity index is 1.06. The number of allylic oxidation sites excluding steroid dienone is 1. The van der Waals surface area contributed by atoms with Crippen molar-refractivity contribution >= 4 is 51.0 Å². The molecule has 57 heavy (non-hydrogen) atoms. The van der Waals surface area contributed by atoms with Crippen LogP contribution in [0, 0.1) is 23.7 Å². The van der Waals surface area contributed by atoms with Crippen molar-refractivity contribution in [1.82, 2.24) is 24.8 Å². The Morgan fingerprint density at radius 3 is 2.47 bits per heavy atom. The first-order valence-corrected chi connectivity index (χ1v) is 22.8. The standard InChI is InChI=1S/C41H51N5O9S2/c1-54-29-15-13-25(14-16-29)33-24-56-37(42-33)39(50)45-21-27-22-46-35(32(27)23-45)36(48)43-41(40(51)44-57(52,53)31-17-18-31)20-28(41)10-6-4-2-3-5-9-26(38(46)49)19-34(47)55-30-11-7-8-12-30/h6,10,13-16,24,26-28,30-32,35H,2-5,7-9,11-12,17-23H2,1H3,(H,43,48)(H,44,51)/b10-6-/t26-,27+,28-,32+,35+,41-/m1/s1. The van der Waals surface area contributed by atoms with Crippen molar-refractivity contribution in [2.75, 3.05) is 26.7 Å². The van der Waals surface area contributed by atoms with E-state index in [0.29, 0.717) is 55.1 Å². The molecule has 2 saturated heterocycles. The maximum atomic E-state index is 14.7. The molecular weight excluding hydrogens is 771 g/mol. The zero-order chi connectivity index (χ0) is 39.9. The highest BCUT2D eigenvalue weighted by atomic mass is 32.2. The smallest absolute Gasteiger partial charge is 0.306 e. The molecule has 3 saturated carbocycles. The number of hydrogen-bond donors (Lipinski definition) is 2. The van der Waals surface area contributed by atoms with E-state index >= 15 is 0 Å². The van der Waals surface area contributed by atoms with Crippen molar-refractivity contribution in [3.63, 3.8) is 0 Å². The van der Waals surface area contributed by atoms with Crippen LogP contribution in [0.2, 0.25) is 0 Å². The number of hydrogen-bond acceptors (Lipinski definition) is 11. The quantitative estimate of drug-likeness (QED) is 0.275. The second kappa shape index (κ2) is 16.1. The lowest BCUT2D eigenvalue weighted by molar-refractivity contribution is -0.154. The number of thiazole rings is 1. The fraction of sp³-hybridized carbons (Fsp3) is 0.610. The summed E-state index contributed by atoms with van der Waals surface area (Å²) >= 11 is 1.24. The third-order valence-electron chi connectivity index (χ3n) is 12.7. The SMILES string of the molecule is COc1ccc(-c2csc(C(=O)N3C[C@H]4CN5C(=O)[C@@H](CC(=O)OC6CCCC6)CCCCC/C=C\[C@@H]6C[C@@]6(C(=O)NS(=O)(=O)C6CC6)NC(=O)[C@@H]5[C@H]4C3)n2)cc1. The number of benzene rings is 1. The van der Waals surface area contributed by atoms with E-state index in [1.807, 2.05) is 41.8 Å². The first-order chi connectivity index (χ1) is 27.5. The summed E-state index contributed by atoms with van der Waals surface area (Å²) in [7, 11) is -2.31. The number of ether oxygens (including phenoxy) is 2. The maximum absolute atomic E-state index is 14.7. The summed E-state index contributed by atoms with van der Waals surface area (Å²) in [5.41, 5.74) is -0.00972. The number of likely N-dealkylation sites (tertiary alicyclic amines) is 1. The largest absolute Gasteiger partial charge is 0.497 e. The van der Waals surface area contributed by atoms with Gasteiger partial charge >= 0.3 is 5.97 Å². The molecule has 1 aromatic carbocycles. The van der Waals surface area contributed by atoms with Gasteiger partial charge < -0.3 is 24.6 Å². The molecule has 1 aromatic heterocycles. The molecule has 6 atom stereocenters. The Morgan fingerprint density at radius 1 is 0.982 bits per heavy atom. The van der Waals surface area contributed by atoms with Gasteiger partial charge in [0.05, 0.1) is 24.5 Å². The van der Waals surface area contributed by atoms with E-state index in [4.69, 9.17) is 9.47 Å². The van der Waals surface area contributed by atoms with Crippen LogP contribution in [0.4, 0.5) is 0 Å². The minimum absolute atomic E-state index is 0.0892. The number of aromatic nitrogens is 1. The van der Waals surface area contributed by atoms with Crippen molar-refractivity contribution in [2.45, 2.75) is 106 Å². The predicted molar refractivity (Wildman–Crippen MR) is 210 cm³/mol. The monoisotopic (exact) mass is 821 g/mol. The Bertz CT molecular complexity index is 2030. The lowest BCUT2D eigenvalue weighted by Gasteiger charge is -2.32. The molecule has 0 radical (unpaired) electrons. The summed E-state index contributed by atoms with van der Waals surface area (Å²) in [5.74, 6) is -3.49. The Labute approximate surface area is 337 Å². The molecule has 16 heteroatoms. The molecule has 2 aromatic rings. The minimum atomic E-state index is -3.90. The zero-order valence-corrected chi connectivity index (χ0v) is 33.9. The van der Waals surface area contributed by atoms with Crippen molar-refractivity contribution in [3.05, 3.63) is 46.8 Å². The Morgan fingerprint density at radius 2 is 1.74 bits per heavy atom. The van der Waals surface area contributed by atoms with Crippen LogP contribution in [-0.2, 0) is 33.9 Å². The van der Waals surface area contributed by atoms with Crippen molar-refractivity contribution in [2.24, 2.45) is 23.7 Å². The second-order valence-corrected chi connectivity index (χ2v) is 19.5. The van der Waals surface area contributed by atoms with Crippen LogP contribution < -0.4 is 14.8 Å². The average molecular weight is 822 g/mol. The van der Waals surface area contributed by atoms with E-state index in [-0.39, 0.29) is 49.8 Å². The van der Waals surface area contributed by atoms with Gasteiger partial charge in [-0.2, -0.15) is 0 Å². The molecule has 4 amide bonds. The number of amides is 4. The summed E-state index contributed by atoms with van der Waals surface area (Å²) in [5, 5.41) is 4.46. The Hall–Kier alpha value is -4.31. The number of methoxy groups -OCH3 is 1. The van der Waals surface area contributed by atoms with E-state index in [1.165, 1.54) is 11.3 Å². The number of rotatable bonds is 9. The van der Waals surface area contributed by atoms with Crippen molar-refractivity contribution < 1.29 is 41.9 Å². The topological polar surface area (TPSA) is 181 Å². The first kappa shape index (κ1) is 39.5. The molecule has 6 aliphatic rings. The van der Waals surface area contributed by atoms with E-state index in [2.05, 4.69) is 15.0 Å². The van der Waals surface area contributed by atoms with Crippen LogP contribution in [0.15, 0.2) is 41.8 Å². The van der Waals surface area contributed by atoms with Crippen LogP contribution in [0.25, 0.3) is 11.3 Å². The van der Waals surface area contributed by atoms with E-state index in [1.54, 1.807) is 16.9 Å². The van der Waals surface area contributed by atoms with Gasteiger partial charge in [-0.05, 0) is 88.5 Å². The molecule has 14 nitrogen and oxygen atoms in total. The van der Waals surface area contributed by atoms with Crippen LogP contribution in [0.1, 0.15) is 93.3 Å². The van der Waals surface area contributed by atoms with Crippen LogP contribution in [0.3, 0.4) is 0 Å². The molecule has 3 aliphatic carbocycles. The molecule has 4 heterocycles. The number of carbonyl (C=O) groups is 5. The predicted octanol–water partition coefficient (Wildman–Crippen LogP) is 4.21. The van der Waals surface area contributed by atoms with Crippen LogP contribution in [0.5, 0.6) is 5.75 Å². The maximum Gasteiger partial charge on any atom is 0.306 e.